The Morgan fingerprint density at radius 2 is 1.58 bits per heavy atom. The first kappa shape index (κ1) is 21.9. The van der Waals surface area contributed by atoms with Gasteiger partial charge >= 0.3 is 0 Å². The molecule has 31 heavy (non-hydrogen) atoms. The number of amides is 2. The highest BCUT2D eigenvalue weighted by molar-refractivity contribution is 5.90. The SMILES string of the molecule is COc1ccccc1CCC(=O)Nc1cnn(CC(=O)NCc2ccccc2OC)c1. The van der Waals surface area contributed by atoms with E-state index in [9.17, 15) is 9.59 Å². The van der Waals surface area contributed by atoms with Gasteiger partial charge < -0.3 is 20.1 Å². The number of nitrogens with zero attached hydrogens (tertiary/aromatic N) is 2. The van der Waals surface area contributed by atoms with Crippen LogP contribution in [0.25, 0.3) is 0 Å². The van der Waals surface area contributed by atoms with Crippen molar-refractivity contribution in [3.05, 3.63) is 72.1 Å². The van der Waals surface area contributed by atoms with Gasteiger partial charge in [-0.15, -0.1) is 0 Å². The Kier molecular flexibility index (Phi) is 7.64. The molecule has 0 bridgehead atoms. The molecule has 0 unspecified atom stereocenters. The molecule has 0 atom stereocenters. The molecule has 0 radical (unpaired) electrons. The quantitative estimate of drug-likeness (QED) is 0.524. The molecule has 3 aromatic rings. The average Bonchev–Trinajstić information content (AvgIpc) is 3.23. The van der Waals surface area contributed by atoms with Crippen LogP contribution in [0.2, 0.25) is 0 Å². The van der Waals surface area contributed by atoms with Crippen LogP contribution in [0.5, 0.6) is 11.5 Å². The summed E-state index contributed by atoms with van der Waals surface area (Å²) in [5, 5.41) is 9.79. The van der Waals surface area contributed by atoms with Crippen LogP contribution < -0.4 is 20.1 Å². The summed E-state index contributed by atoms with van der Waals surface area (Å²) in [7, 11) is 3.20. The normalized spacial score (nSPS) is 10.4. The predicted octanol–water partition coefficient (Wildman–Crippen LogP) is 2.79. The minimum absolute atomic E-state index is 0.0479. The first-order valence-corrected chi connectivity index (χ1v) is 9.92. The summed E-state index contributed by atoms with van der Waals surface area (Å²) in [5.41, 5.74) is 2.41. The van der Waals surface area contributed by atoms with Crippen molar-refractivity contribution in [2.24, 2.45) is 0 Å². The van der Waals surface area contributed by atoms with Crippen LogP contribution in [-0.4, -0.2) is 35.8 Å². The molecule has 8 nitrogen and oxygen atoms in total. The highest BCUT2D eigenvalue weighted by atomic mass is 16.5. The molecular formula is C23H26N4O4. The Hall–Kier alpha value is -3.81. The summed E-state index contributed by atoms with van der Waals surface area (Å²) < 4.78 is 12.1. The van der Waals surface area contributed by atoms with Crippen LogP contribution in [0.1, 0.15) is 17.5 Å². The molecule has 0 spiro atoms. The molecule has 0 aliphatic heterocycles. The van der Waals surface area contributed by atoms with E-state index >= 15 is 0 Å². The summed E-state index contributed by atoms with van der Waals surface area (Å²) in [4.78, 5) is 24.5. The number of carbonyl (C=O) groups excluding carboxylic acids is 2. The monoisotopic (exact) mass is 422 g/mol. The topological polar surface area (TPSA) is 94.5 Å². The van der Waals surface area contributed by atoms with Gasteiger partial charge in [-0.05, 0) is 24.1 Å². The first-order valence-electron chi connectivity index (χ1n) is 9.92. The van der Waals surface area contributed by atoms with E-state index < -0.39 is 0 Å². The van der Waals surface area contributed by atoms with E-state index in [1.807, 2.05) is 48.5 Å². The third-order valence-electron chi connectivity index (χ3n) is 4.71. The second kappa shape index (κ2) is 10.8. The number of benzene rings is 2. The second-order valence-corrected chi connectivity index (χ2v) is 6.88. The van der Waals surface area contributed by atoms with E-state index in [1.165, 1.54) is 10.9 Å². The van der Waals surface area contributed by atoms with Crippen molar-refractivity contribution >= 4 is 17.5 Å². The zero-order valence-corrected chi connectivity index (χ0v) is 17.6. The molecule has 0 fully saturated rings. The van der Waals surface area contributed by atoms with Crippen molar-refractivity contribution in [2.45, 2.75) is 25.9 Å². The van der Waals surface area contributed by atoms with Gasteiger partial charge in [-0.25, -0.2) is 0 Å². The van der Waals surface area contributed by atoms with Crippen LogP contribution in [0.4, 0.5) is 5.69 Å². The van der Waals surface area contributed by atoms with Gasteiger partial charge in [0.15, 0.2) is 0 Å². The Labute approximate surface area is 181 Å². The van der Waals surface area contributed by atoms with Crippen molar-refractivity contribution in [1.29, 1.82) is 0 Å². The van der Waals surface area contributed by atoms with Gasteiger partial charge in [-0.1, -0.05) is 36.4 Å². The fourth-order valence-electron chi connectivity index (χ4n) is 3.14. The number of anilines is 1. The zero-order valence-electron chi connectivity index (χ0n) is 17.6. The van der Waals surface area contributed by atoms with E-state index in [0.717, 1.165) is 22.6 Å². The minimum atomic E-state index is -0.192. The van der Waals surface area contributed by atoms with E-state index in [2.05, 4.69) is 15.7 Å². The lowest BCUT2D eigenvalue weighted by Crippen LogP contribution is -2.27. The molecule has 3 rings (SSSR count). The number of para-hydroxylation sites is 2. The van der Waals surface area contributed by atoms with Crippen LogP contribution in [-0.2, 0) is 29.1 Å². The third kappa shape index (κ3) is 6.33. The Balaban J connectivity index is 1.46. The average molecular weight is 422 g/mol. The van der Waals surface area contributed by atoms with E-state index in [-0.39, 0.29) is 18.4 Å². The van der Waals surface area contributed by atoms with Crippen LogP contribution >= 0.6 is 0 Å². The van der Waals surface area contributed by atoms with Gasteiger partial charge in [-0.2, -0.15) is 5.10 Å². The molecular weight excluding hydrogens is 396 g/mol. The standard InChI is InChI=1S/C23H26N4O4/c1-30-20-9-5-3-7-17(20)11-12-22(28)26-19-14-25-27(15-19)16-23(29)24-13-18-8-4-6-10-21(18)31-2/h3-10,14-15H,11-13,16H2,1-2H3,(H,24,29)(H,26,28). The molecule has 162 valence electrons. The number of nitrogens with one attached hydrogen (secondary N) is 2. The maximum atomic E-state index is 12.3. The zero-order chi connectivity index (χ0) is 22.1. The summed E-state index contributed by atoms with van der Waals surface area (Å²) in [5.74, 6) is 1.16. The molecule has 0 saturated carbocycles. The summed E-state index contributed by atoms with van der Waals surface area (Å²) >= 11 is 0. The largest absolute Gasteiger partial charge is 0.496 e. The van der Waals surface area contributed by atoms with Gasteiger partial charge in [0.25, 0.3) is 0 Å². The predicted molar refractivity (Wildman–Crippen MR) is 117 cm³/mol. The highest BCUT2D eigenvalue weighted by Gasteiger charge is 2.10. The molecule has 8 heteroatoms. The molecule has 2 aromatic carbocycles. The molecule has 1 aromatic heterocycles. The highest BCUT2D eigenvalue weighted by Crippen LogP contribution is 2.19. The van der Waals surface area contributed by atoms with Crippen molar-refractivity contribution in [2.75, 3.05) is 19.5 Å². The summed E-state index contributed by atoms with van der Waals surface area (Å²) in [6.07, 6.45) is 4.03. The van der Waals surface area contributed by atoms with Crippen molar-refractivity contribution in [1.82, 2.24) is 15.1 Å². The van der Waals surface area contributed by atoms with Crippen molar-refractivity contribution < 1.29 is 19.1 Å². The minimum Gasteiger partial charge on any atom is -0.496 e. The van der Waals surface area contributed by atoms with Crippen molar-refractivity contribution in [3.8, 4) is 11.5 Å². The Morgan fingerprint density at radius 1 is 0.935 bits per heavy atom. The van der Waals surface area contributed by atoms with Gasteiger partial charge in [-0.3, -0.25) is 14.3 Å². The lowest BCUT2D eigenvalue weighted by molar-refractivity contribution is -0.122. The summed E-state index contributed by atoms with van der Waals surface area (Å²) in [6, 6.07) is 15.1. The lowest BCUT2D eigenvalue weighted by atomic mass is 10.1. The molecule has 0 aliphatic rings. The van der Waals surface area contributed by atoms with Gasteiger partial charge in [0, 0.05) is 24.7 Å². The van der Waals surface area contributed by atoms with Gasteiger partial charge in [0.1, 0.15) is 18.0 Å². The molecule has 2 amide bonds. The van der Waals surface area contributed by atoms with Crippen LogP contribution in [0.3, 0.4) is 0 Å². The number of hydrogen-bond acceptors (Lipinski definition) is 5. The molecule has 0 saturated heterocycles. The summed E-state index contributed by atoms with van der Waals surface area (Å²) in [6.45, 7) is 0.406. The number of hydrogen-bond donors (Lipinski definition) is 2. The smallest absolute Gasteiger partial charge is 0.242 e. The fraction of sp³-hybridized carbons (Fsp3) is 0.261. The van der Waals surface area contributed by atoms with Crippen LogP contribution in [0, 0.1) is 0 Å². The van der Waals surface area contributed by atoms with E-state index in [4.69, 9.17) is 9.47 Å². The maximum Gasteiger partial charge on any atom is 0.242 e. The van der Waals surface area contributed by atoms with E-state index in [1.54, 1.807) is 20.4 Å². The van der Waals surface area contributed by atoms with Gasteiger partial charge in [0.2, 0.25) is 11.8 Å². The Bertz CT molecular complexity index is 952. The number of ether oxygens (including phenoxy) is 2. The van der Waals surface area contributed by atoms with Crippen LogP contribution in [0.15, 0.2) is 60.9 Å². The van der Waals surface area contributed by atoms with E-state index in [0.29, 0.717) is 25.1 Å². The molecule has 2 N–H and O–H groups in total. The second-order valence-electron chi connectivity index (χ2n) is 6.88. The number of methoxy groups -OCH3 is 2. The molecule has 0 aliphatic carbocycles. The molecule has 1 heterocycles. The number of aromatic nitrogens is 2. The number of rotatable bonds is 10. The lowest BCUT2D eigenvalue weighted by Gasteiger charge is -2.09. The number of aryl methyl sites for hydroxylation is 1. The fourth-order valence-corrected chi connectivity index (χ4v) is 3.14. The van der Waals surface area contributed by atoms with Crippen molar-refractivity contribution in [3.63, 3.8) is 0 Å². The first-order chi connectivity index (χ1) is 15.1. The maximum absolute atomic E-state index is 12.3. The third-order valence-corrected chi connectivity index (χ3v) is 4.71. The Morgan fingerprint density at radius 3 is 2.29 bits per heavy atom. The van der Waals surface area contributed by atoms with Gasteiger partial charge in [0.05, 0.1) is 26.1 Å². The number of carbonyl (C=O) groups is 2.